The van der Waals surface area contributed by atoms with Gasteiger partial charge < -0.3 is 5.73 Å². The van der Waals surface area contributed by atoms with Crippen LogP contribution in [-0.4, -0.2) is 15.6 Å². The van der Waals surface area contributed by atoms with E-state index >= 15 is 0 Å². The molecular weight excluding hydrogens is 200 g/mol. The quantitative estimate of drug-likeness (QED) is 0.623. The average molecular weight is 220 g/mol. The van der Waals surface area contributed by atoms with Crippen LogP contribution in [0.15, 0.2) is 11.2 Å². The van der Waals surface area contributed by atoms with Gasteiger partial charge in [0, 0.05) is 24.2 Å². The second-order valence-corrected chi connectivity index (χ2v) is 4.60. The standard InChI is InChI=1S/C12H20N4/c1-9-11(8-15-16(9)2)7-14-12(13)10-5-3-4-6-10/h8,10H,3-7H2,1-2H3,(H2,13,14). The van der Waals surface area contributed by atoms with E-state index < -0.39 is 0 Å². The number of rotatable bonds is 3. The van der Waals surface area contributed by atoms with Crippen LogP contribution >= 0.6 is 0 Å². The summed E-state index contributed by atoms with van der Waals surface area (Å²) in [6.45, 7) is 2.73. The molecule has 0 aliphatic heterocycles. The molecule has 0 amide bonds. The molecule has 4 heteroatoms. The lowest BCUT2D eigenvalue weighted by atomic mass is 10.1. The molecular formula is C12H20N4. The summed E-state index contributed by atoms with van der Waals surface area (Å²) in [6.07, 6.45) is 6.89. The van der Waals surface area contributed by atoms with Crippen molar-refractivity contribution in [1.82, 2.24) is 9.78 Å². The van der Waals surface area contributed by atoms with E-state index in [0.29, 0.717) is 12.5 Å². The van der Waals surface area contributed by atoms with E-state index in [0.717, 1.165) is 5.84 Å². The molecule has 0 radical (unpaired) electrons. The maximum Gasteiger partial charge on any atom is 0.0972 e. The zero-order valence-electron chi connectivity index (χ0n) is 10.1. The van der Waals surface area contributed by atoms with Crippen LogP contribution in [0.2, 0.25) is 0 Å². The van der Waals surface area contributed by atoms with Gasteiger partial charge in [-0.05, 0) is 19.8 Å². The summed E-state index contributed by atoms with van der Waals surface area (Å²) in [6, 6.07) is 0. The predicted octanol–water partition coefficient (Wildman–Crippen LogP) is 1.78. The first-order valence-corrected chi connectivity index (χ1v) is 5.95. The topological polar surface area (TPSA) is 56.2 Å². The molecule has 1 heterocycles. The van der Waals surface area contributed by atoms with Gasteiger partial charge in [0.2, 0.25) is 0 Å². The van der Waals surface area contributed by atoms with Gasteiger partial charge in [0.1, 0.15) is 0 Å². The SMILES string of the molecule is Cc1c(CN=C(N)C2CCCC2)cnn1C. The fourth-order valence-corrected chi connectivity index (χ4v) is 2.23. The van der Waals surface area contributed by atoms with Gasteiger partial charge in [0.05, 0.1) is 18.6 Å². The fourth-order valence-electron chi connectivity index (χ4n) is 2.23. The molecule has 1 aromatic rings. The molecule has 0 atom stereocenters. The Morgan fingerprint density at radius 1 is 1.56 bits per heavy atom. The summed E-state index contributed by atoms with van der Waals surface area (Å²) >= 11 is 0. The summed E-state index contributed by atoms with van der Waals surface area (Å²) in [7, 11) is 1.95. The van der Waals surface area contributed by atoms with E-state index in [-0.39, 0.29) is 0 Å². The maximum absolute atomic E-state index is 6.01. The molecule has 2 N–H and O–H groups in total. The van der Waals surface area contributed by atoms with Crippen molar-refractivity contribution in [3.05, 3.63) is 17.5 Å². The van der Waals surface area contributed by atoms with E-state index in [2.05, 4.69) is 17.0 Å². The maximum atomic E-state index is 6.01. The van der Waals surface area contributed by atoms with Crippen molar-refractivity contribution in [2.45, 2.75) is 39.2 Å². The van der Waals surface area contributed by atoms with Crippen molar-refractivity contribution < 1.29 is 0 Å². The largest absolute Gasteiger partial charge is 0.387 e. The van der Waals surface area contributed by atoms with Crippen LogP contribution in [0, 0.1) is 12.8 Å². The molecule has 1 aliphatic carbocycles. The molecule has 0 unspecified atom stereocenters. The van der Waals surface area contributed by atoms with Gasteiger partial charge in [-0.2, -0.15) is 5.10 Å². The van der Waals surface area contributed by atoms with Gasteiger partial charge in [0.25, 0.3) is 0 Å². The second-order valence-electron chi connectivity index (χ2n) is 4.60. The van der Waals surface area contributed by atoms with Gasteiger partial charge in [0.15, 0.2) is 0 Å². The summed E-state index contributed by atoms with van der Waals surface area (Å²) in [5.74, 6) is 1.36. The number of nitrogens with zero attached hydrogens (tertiary/aromatic N) is 3. The van der Waals surface area contributed by atoms with E-state index in [1.165, 1.54) is 36.9 Å². The number of hydrogen-bond acceptors (Lipinski definition) is 2. The number of aryl methyl sites for hydroxylation is 1. The van der Waals surface area contributed by atoms with Crippen molar-refractivity contribution in [3.63, 3.8) is 0 Å². The van der Waals surface area contributed by atoms with E-state index in [4.69, 9.17) is 5.73 Å². The van der Waals surface area contributed by atoms with Crippen LogP contribution in [0.3, 0.4) is 0 Å². The van der Waals surface area contributed by atoms with Crippen molar-refractivity contribution in [2.75, 3.05) is 0 Å². The Labute approximate surface area is 96.6 Å². The smallest absolute Gasteiger partial charge is 0.0972 e. The first-order valence-electron chi connectivity index (χ1n) is 5.95. The van der Waals surface area contributed by atoms with E-state index in [1.807, 2.05) is 17.9 Å². The number of hydrogen-bond donors (Lipinski definition) is 1. The Kier molecular flexibility index (Phi) is 3.27. The average Bonchev–Trinajstić information content (AvgIpc) is 2.89. The molecule has 1 fully saturated rings. The van der Waals surface area contributed by atoms with Crippen LogP contribution in [-0.2, 0) is 13.6 Å². The molecule has 0 spiro atoms. The third kappa shape index (κ3) is 2.26. The van der Waals surface area contributed by atoms with Crippen molar-refractivity contribution in [1.29, 1.82) is 0 Å². The van der Waals surface area contributed by atoms with Gasteiger partial charge in [-0.1, -0.05) is 12.8 Å². The summed E-state index contributed by atoms with van der Waals surface area (Å²) in [4.78, 5) is 4.49. The number of aromatic nitrogens is 2. The predicted molar refractivity (Wildman–Crippen MR) is 65.2 cm³/mol. The zero-order valence-corrected chi connectivity index (χ0v) is 10.1. The molecule has 0 bridgehead atoms. The third-order valence-corrected chi connectivity index (χ3v) is 3.54. The lowest BCUT2D eigenvalue weighted by Gasteiger charge is -2.07. The number of nitrogens with two attached hydrogens (primary N) is 1. The van der Waals surface area contributed by atoms with Crippen molar-refractivity contribution in [2.24, 2.45) is 23.7 Å². The minimum atomic E-state index is 0.525. The zero-order chi connectivity index (χ0) is 11.5. The van der Waals surface area contributed by atoms with Crippen molar-refractivity contribution in [3.8, 4) is 0 Å². The van der Waals surface area contributed by atoms with Crippen LogP contribution < -0.4 is 5.73 Å². The minimum absolute atomic E-state index is 0.525. The summed E-state index contributed by atoms with van der Waals surface area (Å²) in [5.41, 5.74) is 8.35. The lowest BCUT2D eigenvalue weighted by molar-refractivity contribution is 0.714. The number of aliphatic imine (C=N–C) groups is 1. The highest BCUT2D eigenvalue weighted by atomic mass is 15.3. The summed E-state index contributed by atoms with van der Waals surface area (Å²) < 4.78 is 1.87. The molecule has 1 aliphatic rings. The fraction of sp³-hybridized carbons (Fsp3) is 0.667. The van der Waals surface area contributed by atoms with Crippen LogP contribution in [0.4, 0.5) is 0 Å². The van der Waals surface area contributed by atoms with E-state index in [1.54, 1.807) is 0 Å². The van der Waals surface area contributed by atoms with Gasteiger partial charge >= 0.3 is 0 Å². The summed E-state index contributed by atoms with van der Waals surface area (Å²) in [5, 5.41) is 4.20. The van der Waals surface area contributed by atoms with Gasteiger partial charge in [-0.25, -0.2) is 0 Å². The van der Waals surface area contributed by atoms with E-state index in [9.17, 15) is 0 Å². The Morgan fingerprint density at radius 3 is 2.81 bits per heavy atom. The highest BCUT2D eigenvalue weighted by molar-refractivity contribution is 5.83. The Morgan fingerprint density at radius 2 is 2.25 bits per heavy atom. The molecule has 0 aromatic carbocycles. The highest BCUT2D eigenvalue weighted by Gasteiger charge is 2.18. The Bertz CT molecular complexity index is 386. The molecule has 1 aromatic heterocycles. The normalized spacial score (nSPS) is 18.2. The molecule has 4 nitrogen and oxygen atoms in total. The molecule has 88 valence electrons. The Hall–Kier alpha value is -1.32. The second kappa shape index (κ2) is 4.68. The third-order valence-electron chi connectivity index (χ3n) is 3.54. The molecule has 0 saturated heterocycles. The van der Waals surface area contributed by atoms with Gasteiger partial charge in [-0.3, -0.25) is 9.67 Å². The minimum Gasteiger partial charge on any atom is -0.387 e. The van der Waals surface area contributed by atoms with Crippen LogP contribution in [0.5, 0.6) is 0 Å². The number of amidine groups is 1. The highest BCUT2D eigenvalue weighted by Crippen LogP contribution is 2.24. The first-order chi connectivity index (χ1) is 7.68. The Balaban J connectivity index is 1.99. The molecule has 16 heavy (non-hydrogen) atoms. The molecule has 1 saturated carbocycles. The molecule has 2 rings (SSSR count). The van der Waals surface area contributed by atoms with Crippen LogP contribution in [0.25, 0.3) is 0 Å². The van der Waals surface area contributed by atoms with Gasteiger partial charge in [-0.15, -0.1) is 0 Å². The van der Waals surface area contributed by atoms with Crippen LogP contribution in [0.1, 0.15) is 36.9 Å². The lowest BCUT2D eigenvalue weighted by Crippen LogP contribution is -2.21. The first kappa shape index (κ1) is 11.2. The monoisotopic (exact) mass is 220 g/mol. The van der Waals surface area contributed by atoms with Crippen molar-refractivity contribution >= 4 is 5.84 Å².